The van der Waals surface area contributed by atoms with E-state index in [9.17, 15) is 19.1 Å². The summed E-state index contributed by atoms with van der Waals surface area (Å²) in [4.78, 5) is 23.2. The summed E-state index contributed by atoms with van der Waals surface area (Å²) in [5.41, 5.74) is 4.74. The standard InChI is InChI=1S/C25H19FO4/c26-20-8-6-17(7-9-20)25-23(15-29)22-13-21(18-4-1-3-16(11-18)14-28)19(5-2-10-27)12-24(22)30-25/h1,3-4,6-9,11-15,27H,2,5,10H2. The van der Waals surface area contributed by atoms with Crippen molar-refractivity contribution in [2.45, 2.75) is 12.8 Å². The van der Waals surface area contributed by atoms with Crippen molar-refractivity contribution in [3.63, 3.8) is 0 Å². The molecule has 1 N–H and O–H groups in total. The lowest BCUT2D eigenvalue weighted by atomic mass is 9.93. The van der Waals surface area contributed by atoms with Crippen LogP contribution >= 0.6 is 0 Å². The number of aldehydes is 2. The van der Waals surface area contributed by atoms with Crippen molar-refractivity contribution >= 4 is 23.5 Å². The molecule has 0 bridgehead atoms. The smallest absolute Gasteiger partial charge is 0.154 e. The van der Waals surface area contributed by atoms with Gasteiger partial charge in [-0.2, -0.15) is 0 Å². The molecule has 0 radical (unpaired) electrons. The van der Waals surface area contributed by atoms with Crippen molar-refractivity contribution < 1.29 is 23.5 Å². The number of furan rings is 1. The quantitative estimate of drug-likeness (QED) is 0.417. The fourth-order valence-corrected chi connectivity index (χ4v) is 3.66. The third-order valence-electron chi connectivity index (χ3n) is 5.11. The Morgan fingerprint density at radius 2 is 1.73 bits per heavy atom. The molecule has 30 heavy (non-hydrogen) atoms. The number of aliphatic hydroxyl groups is 1. The maximum Gasteiger partial charge on any atom is 0.154 e. The summed E-state index contributed by atoms with van der Waals surface area (Å²) in [5, 5.41) is 9.94. The number of carbonyl (C=O) groups excluding carboxylic acids is 2. The molecule has 0 fully saturated rings. The van der Waals surface area contributed by atoms with E-state index in [0.29, 0.717) is 46.3 Å². The van der Waals surface area contributed by atoms with Crippen molar-refractivity contribution in [3.05, 3.63) is 83.2 Å². The molecule has 150 valence electrons. The van der Waals surface area contributed by atoms with Gasteiger partial charge in [0.15, 0.2) is 6.29 Å². The van der Waals surface area contributed by atoms with E-state index >= 15 is 0 Å². The lowest BCUT2D eigenvalue weighted by molar-refractivity contribution is 0.111. The van der Waals surface area contributed by atoms with E-state index in [1.807, 2.05) is 18.2 Å². The van der Waals surface area contributed by atoms with Gasteiger partial charge in [-0.25, -0.2) is 4.39 Å². The van der Waals surface area contributed by atoms with Crippen LogP contribution in [0.5, 0.6) is 0 Å². The summed E-state index contributed by atoms with van der Waals surface area (Å²) < 4.78 is 19.3. The van der Waals surface area contributed by atoms with Gasteiger partial charge in [0.1, 0.15) is 23.4 Å². The largest absolute Gasteiger partial charge is 0.455 e. The van der Waals surface area contributed by atoms with Gasteiger partial charge in [-0.1, -0.05) is 18.2 Å². The van der Waals surface area contributed by atoms with E-state index in [2.05, 4.69) is 0 Å². The predicted molar refractivity (Wildman–Crippen MR) is 113 cm³/mol. The van der Waals surface area contributed by atoms with Crippen LogP contribution in [0.15, 0.2) is 65.1 Å². The topological polar surface area (TPSA) is 67.5 Å². The van der Waals surface area contributed by atoms with E-state index in [1.54, 1.807) is 30.3 Å². The number of rotatable bonds is 7. The number of hydrogen-bond donors (Lipinski definition) is 1. The van der Waals surface area contributed by atoms with Gasteiger partial charge >= 0.3 is 0 Å². The Labute approximate surface area is 172 Å². The van der Waals surface area contributed by atoms with E-state index < -0.39 is 0 Å². The Hall–Kier alpha value is -3.57. The Kier molecular flexibility index (Phi) is 5.55. The Balaban J connectivity index is 1.95. The summed E-state index contributed by atoms with van der Waals surface area (Å²) in [6.07, 6.45) is 2.70. The van der Waals surface area contributed by atoms with Crippen LogP contribution in [0.3, 0.4) is 0 Å². The summed E-state index contributed by atoms with van der Waals surface area (Å²) in [5.74, 6) is 0.0121. The second kappa shape index (κ2) is 8.43. The Morgan fingerprint density at radius 1 is 0.933 bits per heavy atom. The molecule has 1 heterocycles. The van der Waals surface area contributed by atoms with E-state index in [-0.39, 0.29) is 12.4 Å². The maximum atomic E-state index is 13.3. The SMILES string of the molecule is O=Cc1cccc(-c2cc3c(C=O)c(-c4ccc(F)cc4)oc3cc2CCCO)c1. The predicted octanol–water partition coefficient (Wildman–Crippen LogP) is 5.46. The average molecular weight is 402 g/mol. The van der Waals surface area contributed by atoms with E-state index in [4.69, 9.17) is 4.42 Å². The molecular weight excluding hydrogens is 383 g/mol. The van der Waals surface area contributed by atoms with Crippen LogP contribution in [0.4, 0.5) is 4.39 Å². The van der Waals surface area contributed by atoms with Crippen molar-refractivity contribution in [3.8, 4) is 22.5 Å². The van der Waals surface area contributed by atoms with Crippen LogP contribution in [0.25, 0.3) is 33.4 Å². The highest BCUT2D eigenvalue weighted by molar-refractivity contribution is 6.04. The summed E-state index contributed by atoms with van der Waals surface area (Å²) in [7, 11) is 0. The molecule has 0 aliphatic rings. The number of hydrogen-bond acceptors (Lipinski definition) is 4. The molecule has 3 aromatic carbocycles. The van der Waals surface area contributed by atoms with Gasteiger partial charge in [0.25, 0.3) is 0 Å². The van der Waals surface area contributed by atoms with Gasteiger partial charge in [-0.3, -0.25) is 9.59 Å². The van der Waals surface area contributed by atoms with Crippen LogP contribution in [0.1, 0.15) is 32.7 Å². The molecule has 0 unspecified atom stereocenters. The molecule has 4 nitrogen and oxygen atoms in total. The van der Waals surface area contributed by atoms with Crippen LogP contribution in [-0.4, -0.2) is 24.3 Å². The highest BCUT2D eigenvalue weighted by Crippen LogP contribution is 2.37. The van der Waals surface area contributed by atoms with Gasteiger partial charge in [-0.15, -0.1) is 0 Å². The molecule has 0 aliphatic heterocycles. The van der Waals surface area contributed by atoms with E-state index in [0.717, 1.165) is 29.3 Å². The lowest BCUT2D eigenvalue weighted by Crippen LogP contribution is -1.94. The number of halogens is 1. The summed E-state index contributed by atoms with van der Waals surface area (Å²) in [6, 6.07) is 16.8. The molecule has 0 aliphatic carbocycles. The minimum atomic E-state index is -0.369. The first kappa shape index (κ1) is 19.7. The molecule has 0 spiro atoms. The Bertz CT molecular complexity index is 1220. The number of benzene rings is 3. The molecule has 4 aromatic rings. The first-order valence-corrected chi connectivity index (χ1v) is 9.61. The second-order valence-corrected chi connectivity index (χ2v) is 7.05. The van der Waals surface area contributed by atoms with Gasteiger partial charge in [0, 0.05) is 23.1 Å². The normalized spacial score (nSPS) is 11.0. The minimum absolute atomic E-state index is 0.0461. The monoisotopic (exact) mass is 402 g/mol. The van der Waals surface area contributed by atoms with Crippen molar-refractivity contribution in [2.75, 3.05) is 6.61 Å². The number of fused-ring (bicyclic) bond motifs is 1. The molecular formula is C25H19FO4. The van der Waals surface area contributed by atoms with Crippen molar-refractivity contribution in [2.24, 2.45) is 0 Å². The van der Waals surface area contributed by atoms with Crippen LogP contribution in [-0.2, 0) is 6.42 Å². The molecule has 4 rings (SSSR count). The van der Waals surface area contributed by atoms with E-state index in [1.165, 1.54) is 12.1 Å². The van der Waals surface area contributed by atoms with Gasteiger partial charge in [-0.05, 0) is 72.0 Å². The average Bonchev–Trinajstić information content (AvgIpc) is 3.14. The highest BCUT2D eigenvalue weighted by atomic mass is 19.1. The fourth-order valence-electron chi connectivity index (χ4n) is 3.66. The summed E-state index contributed by atoms with van der Waals surface area (Å²) >= 11 is 0. The fraction of sp³-hybridized carbons (Fsp3) is 0.120. The third-order valence-corrected chi connectivity index (χ3v) is 5.11. The zero-order valence-electron chi connectivity index (χ0n) is 16.1. The zero-order valence-corrected chi connectivity index (χ0v) is 16.1. The molecule has 0 atom stereocenters. The minimum Gasteiger partial charge on any atom is -0.455 e. The van der Waals surface area contributed by atoms with Crippen molar-refractivity contribution in [1.82, 2.24) is 0 Å². The highest BCUT2D eigenvalue weighted by Gasteiger charge is 2.19. The first-order chi connectivity index (χ1) is 14.6. The number of aliphatic hydroxyl groups excluding tert-OH is 1. The van der Waals surface area contributed by atoms with Crippen LogP contribution < -0.4 is 0 Å². The molecule has 0 saturated carbocycles. The molecule has 0 saturated heterocycles. The van der Waals surface area contributed by atoms with Gasteiger partial charge < -0.3 is 9.52 Å². The molecule has 5 heteroatoms. The molecule has 1 aromatic heterocycles. The zero-order chi connectivity index (χ0) is 21.1. The van der Waals surface area contributed by atoms with Crippen LogP contribution in [0.2, 0.25) is 0 Å². The Morgan fingerprint density at radius 3 is 2.43 bits per heavy atom. The van der Waals surface area contributed by atoms with Gasteiger partial charge in [0.05, 0.1) is 5.56 Å². The third kappa shape index (κ3) is 3.67. The maximum absolute atomic E-state index is 13.3. The second-order valence-electron chi connectivity index (χ2n) is 7.05. The van der Waals surface area contributed by atoms with Gasteiger partial charge in [0.2, 0.25) is 0 Å². The number of carbonyl (C=O) groups is 2. The lowest BCUT2D eigenvalue weighted by Gasteiger charge is -2.10. The van der Waals surface area contributed by atoms with Crippen molar-refractivity contribution in [1.29, 1.82) is 0 Å². The molecule has 0 amide bonds. The summed E-state index contributed by atoms with van der Waals surface area (Å²) in [6.45, 7) is 0.0461. The first-order valence-electron chi connectivity index (χ1n) is 9.61. The van der Waals surface area contributed by atoms with Crippen LogP contribution in [0, 0.1) is 5.82 Å². The number of aryl methyl sites for hydroxylation is 1.